The smallest absolute Gasteiger partial charge is 0.234 e. The lowest BCUT2D eigenvalue weighted by atomic mass is 9.93. The fourth-order valence-electron chi connectivity index (χ4n) is 1.63. The molecule has 0 radical (unpaired) electrons. The Labute approximate surface area is 97.0 Å². The Bertz CT molecular complexity index is 355. The maximum Gasteiger partial charge on any atom is 0.234 e. The number of benzene rings is 1. The number of nitrogens with one attached hydrogen (secondary N) is 1. The van der Waals surface area contributed by atoms with Crippen LogP contribution in [0.25, 0.3) is 0 Å². The molecular weight excluding hydrogens is 200 g/mol. The maximum absolute atomic E-state index is 11.3. The lowest BCUT2D eigenvalue weighted by Gasteiger charge is -2.26. The van der Waals surface area contributed by atoms with Gasteiger partial charge in [-0.1, -0.05) is 31.2 Å². The number of hydrogen-bond acceptors (Lipinski definition) is 2. The van der Waals surface area contributed by atoms with E-state index in [1.165, 1.54) is 5.56 Å². The summed E-state index contributed by atoms with van der Waals surface area (Å²) in [6, 6.07) is 8.28. The highest BCUT2D eigenvalue weighted by molar-refractivity contribution is 5.78. The molecule has 3 N–H and O–H groups in total. The average molecular weight is 220 g/mol. The molecule has 16 heavy (non-hydrogen) atoms. The monoisotopic (exact) mass is 220 g/mol. The summed E-state index contributed by atoms with van der Waals surface area (Å²) in [6.07, 6.45) is 1.02. The molecule has 0 fully saturated rings. The number of hydrogen-bond donors (Lipinski definition) is 2. The molecule has 0 unspecified atom stereocenters. The van der Waals surface area contributed by atoms with Crippen molar-refractivity contribution in [3.05, 3.63) is 35.4 Å². The van der Waals surface area contributed by atoms with Gasteiger partial charge in [-0.2, -0.15) is 0 Å². The van der Waals surface area contributed by atoms with Gasteiger partial charge in [0.2, 0.25) is 5.91 Å². The van der Waals surface area contributed by atoms with Gasteiger partial charge in [-0.05, 0) is 31.4 Å². The van der Waals surface area contributed by atoms with Crippen LogP contribution in [0.2, 0.25) is 0 Å². The second-order valence-corrected chi connectivity index (χ2v) is 4.43. The molecule has 0 heterocycles. The summed E-state index contributed by atoms with van der Waals surface area (Å²) in [5.74, 6) is -0.135. The first-order chi connectivity index (χ1) is 7.49. The van der Waals surface area contributed by atoms with Gasteiger partial charge in [0.15, 0.2) is 0 Å². The van der Waals surface area contributed by atoms with E-state index in [1.807, 2.05) is 13.8 Å². The largest absolute Gasteiger partial charge is 0.346 e. The third-order valence-electron chi connectivity index (χ3n) is 2.72. The van der Waals surface area contributed by atoms with Crippen molar-refractivity contribution >= 4 is 5.91 Å². The summed E-state index contributed by atoms with van der Waals surface area (Å²) in [5.41, 5.74) is 7.30. The molecule has 0 aromatic heterocycles. The summed E-state index contributed by atoms with van der Waals surface area (Å²) < 4.78 is 0. The zero-order valence-corrected chi connectivity index (χ0v) is 10.2. The van der Waals surface area contributed by atoms with Crippen LogP contribution in [0.5, 0.6) is 0 Å². The molecule has 0 bridgehead atoms. The molecule has 88 valence electrons. The summed E-state index contributed by atoms with van der Waals surface area (Å²) >= 11 is 0. The Morgan fingerprint density at radius 3 is 2.31 bits per heavy atom. The summed E-state index contributed by atoms with van der Waals surface area (Å²) in [6.45, 7) is 6.09. The van der Waals surface area contributed by atoms with Gasteiger partial charge in [0.05, 0.1) is 12.1 Å². The first-order valence-corrected chi connectivity index (χ1v) is 5.60. The van der Waals surface area contributed by atoms with Gasteiger partial charge in [0, 0.05) is 0 Å². The van der Waals surface area contributed by atoms with E-state index in [0.717, 1.165) is 12.0 Å². The van der Waals surface area contributed by atoms with Crippen LogP contribution in [0.3, 0.4) is 0 Å². The predicted octanol–water partition coefficient (Wildman–Crippen LogP) is 1.56. The molecule has 0 aliphatic rings. The summed E-state index contributed by atoms with van der Waals surface area (Å²) in [7, 11) is 0. The second kappa shape index (κ2) is 5.12. The fourth-order valence-corrected chi connectivity index (χ4v) is 1.63. The van der Waals surface area contributed by atoms with E-state index < -0.39 is 0 Å². The number of carbonyl (C=O) groups excluding carboxylic acids is 1. The van der Waals surface area contributed by atoms with E-state index >= 15 is 0 Å². The SMILES string of the molecule is CCc1ccc(C(C)(C)NC(=O)CN)cc1. The molecule has 3 nitrogen and oxygen atoms in total. The molecule has 1 aromatic rings. The minimum absolute atomic E-state index is 0.0243. The highest BCUT2D eigenvalue weighted by Gasteiger charge is 2.21. The molecule has 0 saturated carbocycles. The molecule has 0 spiro atoms. The fraction of sp³-hybridized carbons (Fsp3) is 0.462. The molecule has 1 aromatic carbocycles. The Morgan fingerprint density at radius 1 is 1.31 bits per heavy atom. The maximum atomic E-state index is 11.3. The van der Waals surface area contributed by atoms with Crippen molar-refractivity contribution in [1.29, 1.82) is 0 Å². The Hall–Kier alpha value is -1.35. The second-order valence-electron chi connectivity index (χ2n) is 4.43. The number of amides is 1. The molecule has 1 amide bonds. The first kappa shape index (κ1) is 12.7. The van der Waals surface area contributed by atoms with Crippen LogP contribution in [0.4, 0.5) is 0 Å². The van der Waals surface area contributed by atoms with Crippen LogP contribution >= 0.6 is 0 Å². The Kier molecular flexibility index (Phi) is 4.07. The Balaban J connectivity index is 2.84. The van der Waals surface area contributed by atoms with Crippen molar-refractivity contribution < 1.29 is 4.79 Å². The van der Waals surface area contributed by atoms with Crippen LogP contribution in [0.1, 0.15) is 31.9 Å². The number of rotatable bonds is 4. The van der Waals surface area contributed by atoms with Crippen molar-refractivity contribution in [3.63, 3.8) is 0 Å². The van der Waals surface area contributed by atoms with Crippen LogP contribution < -0.4 is 11.1 Å². The van der Waals surface area contributed by atoms with E-state index in [9.17, 15) is 4.79 Å². The van der Waals surface area contributed by atoms with Gasteiger partial charge in [-0.3, -0.25) is 4.79 Å². The summed E-state index contributed by atoms with van der Waals surface area (Å²) in [4.78, 5) is 11.3. The zero-order valence-electron chi connectivity index (χ0n) is 10.2. The van der Waals surface area contributed by atoms with Crippen molar-refractivity contribution in [2.75, 3.05) is 6.54 Å². The molecular formula is C13H20N2O. The standard InChI is InChI=1S/C13H20N2O/c1-4-10-5-7-11(8-6-10)13(2,3)15-12(16)9-14/h5-8H,4,9,14H2,1-3H3,(H,15,16). The van der Waals surface area contributed by atoms with Gasteiger partial charge >= 0.3 is 0 Å². The van der Waals surface area contributed by atoms with E-state index in [-0.39, 0.29) is 18.0 Å². The van der Waals surface area contributed by atoms with Gasteiger partial charge < -0.3 is 11.1 Å². The van der Waals surface area contributed by atoms with Crippen LogP contribution in [0.15, 0.2) is 24.3 Å². The minimum Gasteiger partial charge on any atom is -0.346 e. The number of carbonyl (C=O) groups is 1. The van der Waals surface area contributed by atoms with Crippen molar-refractivity contribution in [3.8, 4) is 0 Å². The van der Waals surface area contributed by atoms with Gasteiger partial charge in [0.25, 0.3) is 0 Å². The minimum atomic E-state index is -0.372. The van der Waals surface area contributed by atoms with Crippen LogP contribution in [-0.4, -0.2) is 12.5 Å². The number of nitrogens with two attached hydrogens (primary N) is 1. The lowest BCUT2D eigenvalue weighted by Crippen LogP contribution is -2.43. The van der Waals surface area contributed by atoms with Crippen LogP contribution in [0, 0.1) is 0 Å². The van der Waals surface area contributed by atoms with Gasteiger partial charge in [0.1, 0.15) is 0 Å². The van der Waals surface area contributed by atoms with Gasteiger partial charge in [-0.25, -0.2) is 0 Å². The topological polar surface area (TPSA) is 55.1 Å². The molecule has 0 atom stereocenters. The van der Waals surface area contributed by atoms with E-state index in [0.29, 0.717) is 0 Å². The predicted molar refractivity (Wildman–Crippen MR) is 66.0 cm³/mol. The van der Waals surface area contributed by atoms with Crippen molar-refractivity contribution in [1.82, 2.24) is 5.32 Å². The van der Waals surface area contributed by atoms with E-state index in [1.54, 1.807) is 0 Å². The highest BCUT2D eigenvalue weighted by Crippen LogP contribution is 2.20. The molecule has 1 rings (SSSR count). The van der Waals surface area contributed by atoms with Gasteiger partial charge in [-0.15, -0.1) is 0 Å². The summed E-state index contributed by atoms with van der Waals surface area (Å²) in [5, 5.41) is 2.90. The van der Waals surface area contributed by atoms with E-state index in [4.69, 9.17) is 5.73 Å². The average Bonchev–Trinajstić information content (AvgIpc) is 2.28. The van der Waals surface area contributed by atoms with E-state index in [2.05, 4.69) is 36.5 Å². The third kappa shape index (κ3) is 3.07. The quantitative estimate of drug-likeness (QED) is 0.809. The lowest BCUT2D eigenvalue weighted by molar-refractivity contribution is -0.121. The molecule has 0 aliphatic carbocycles. The first-order valence-electron chi connectivity index (χ1n) is 5.60. The normalized spacial score (nSPS) is 11.2. The van der Waals surface area contributed by atoms with Crippen molar-refractivity contribution in [2.45, 2.75) is 32.7 Å². The molecule has 0 aliphatic heterocycles. The van der Waals surface area contributed by atoms with Crippen LogP contribution in [-0.2, 0) is 16.8 Å². The zero-order chi connectivity index (χ0) is 12.2. The molecule has 3 heteroatoms. The van der Waals surface area contributed by atoms with Crippen molar-refractivity contribution in [2.24, 2.45) is 5.73 Å². The third-order valence-corrected chi connectivity index (χ3v) is 2.72. The Morgan fingerprint density at radius 2 is 1.88 bits per heavy atom. The molecule has 0 saturated heterocycles. The number of aryl methyl sites for hydroxylation is 1. The highest BCUT2D eigenvalue weighted by atomic mass is 16.1.